The fourth-order valence-corrected chi connectivity index (χ4v) is 2.34. The molecule has 2 aromatic carbocycles. The second kappa shape index (κ2) is 8.06. The molecule has 2 aromatic rings. The van der Waals surface area contributed by atoms with Crippen LogP contribution in [0.4, 0.5) is 10.1 Å². The number of amides is 1. The van der Waals surface area contributed by atoms with Crippen LogP contribution in [0.5, 0.6) is 0 Å². The molecule has 0 saturated carbocycles. The lowest BCUT2D eigenvalue weighted by Gasteiger charge is -2.07. The summed E-state index contributed by atoms with van der Waals surface area (Å²) in [4.78, 5) is 11.8. The Hall–Kier alpha value is -1.95. The molecule has 7 heteroatoms. The van der Waals surface area contributed by atoms with Crippen LogP contribution >= 0.6 is 35.4 Å². The Balaban J connectivity index is 1.92. The van der Waals surface area contributed by atoms with E-state index >= 15 is 0 Å². The van der Waals surface area contributed by atoms with Crippen molar-refractivity contribution in [2.24, 2.45) is 0 Å². The molecule has 2 rings (SSSR count). The molecule has 0 aliphatic carbocycles. The monoisotopic (exact) mass is 368 g/mol. The molecule has 0 spiro atoms. The van der Waals surface area contributed by atoms with Crippen LogP contribution in [0.15, 0.2) is 48.5 Å². The third-order valence-electron chi connectivity index (χ3n) is 2.72. The third kappa shape index (κ3) is 5.63. The molecule has 0 aromatic heterocycles. The maximum Gasteiger partial charge on any atom is 0.250 e. The van der Waals surface area contributed by atoms with Crippen LogP contribution in [-0.2, 0) is 4.79 Å². The van der Waals surface area contributed by atoms with Crippen molar-refractivity contribution in [2.75, 3.05) is 5.32 Å². The summed E-state index contributed by atoms with van der Waals surface area (Å²) in [5.41, 5.74) is 1.23. The van der Waals surface area contributed by atoms with Gasteiger partial charge in [-0.15, -0.1) is 0 Å². The highest BCUT2D eigenvalue weighted by Gasteiger charge is 2.03. The molecule has 23 heavy (non-hydrogen) atoms. The molecule has 0 unspecified atom stereocenters. The van der Waals surface area contributed by atoms with Gasteiger partial charge in [0.25, 0.3) is 0 Å². The van der Waals surface area contributed by atoms with Gasteiger partial charge in [0.05, 0.1) is 0 Å². The van der Waals surface area contributed by atoms with E-state index in [-0.39, 0.29) is 10.9 Å². The first-order valence-corrected chi connectivity index (χ1v) is 7.61. The van der Waals surface area contributed by atoms with Crippen LogP contribution in [0.2, 0.25) is 10.0 Å². The van der Waals surface area contributed by atoms with Gasteiger partial charge >= 0.3 is 0 Å². The van der Waals surface area contributed by atoms with Gasteiger partial charge in [-0.05, 0) is 60.3 Å². The summed E-state index contributed by atoms with van der Waals surface area (Å²) in [5, 5.41) is 6.31. The van der Waals surface area contributed by atoms with Crippen molar-refractivity contribution >= 4 is 58.2 Å². The van der Waals surface area contributed by atoms with E-state index < -0.39 is 5.91 Å². The predicted octanol–water partition coefficient (Wildman–Crippen LogP) is 4.66. The van der Waals surface area contributed by atoms with Crippen LogP contribution in [0, 0.1) is 5.82 Å². The largest absolute Gasteiger partial charge is 0.332 e. The summed E-state index contributed by atoms with van der Waals surface area (Å²) < 4.78 is 12.8. The van der Waals surface area contributed by atoms with Gasteiger partial charge in [0.15, 0.2) is 5.11 Å². The first kappa shape index (κ1) is 17.4. The van der Waals surface area contributed by atoms with E-state index in [4.69, 9.17) is 35.4 Å². The van der Waals surface area contributed by atoms with Crippen molar-refractivity contribution in [1.29, 1.82) is 0 Å². The average Bonchev–Trinajstić information content (AvgIpc) is 2.48. The van der Waals surface area contributed by atoms with Crippen LogP contribution in [-0.4, -0.2) is 11.0 Å². The molecule has 0 fully saturated rings. The van der Waals surface area contributed by atoms with E-state index in [0.717, 1.165) is 0 Å². The van der Waals surface area contributed by atoms with Gasteiger partial charge in [0.1, 0.15) is 5.82 Å². The summed E-state index contributed by atoms with van der Waals surface area (Å²) in [7, 11) is 0. The topological polar surface area (TPSA) is 41.1 Å². The molecule has 118 valence electrons. The van der Waals surface area contributed by atoms with Gasteiger partial charge in [0.2, 0.25) is 5.91 Å². The van der Waals surface area contributed by atoms with Gasteiger partial charge in [0, 0.05) is 21.8 Å². The zero-order valence-electron chi connectivity index (χ0n) is 11.6. The number of rotatable bonds is 3. The van der Waals surface area contributed by atoms with Gasteiger partial charge in [-0.3, -0.25) is 10.1 Å². The lowest BCUT2D eigenvalue weighted by Crippen LogP contribution is -2.32. The molecule has 0 atom stereocenters. The minimum absolute atomic E-state index is 0.105. The molecule has 0 saturated heterocycles. The highest BCUT2D eigenvalue weighted by atomic mass is 35.5. The molecule has 2 N–H and O–H groups in total. The van der Waals surface area contributed by atoms with Crippen LogP contribution in [0.1, 0.15) is 5.56 Å². The first-order chi connectivity index (χ1) is 10.9. The third-order valence-corrected chi connectivity index (χ3v) is 3.48. The zero-order chi connectivity index (χ0) is 16.8. The van der Waals surface area contributed by atoms with E-state index in [1.807, 2.05) is 0 Å². The van der Waals surface area contributed by atoms with Crippen LogP contribution in [0.25, 0.3) is 6.08 Å². The molecular formula is C16H11Cl2FN2OS. The number of halogens is 3. The van der Waals surface area contributed by atoms with E-state index in [1.165, 1.54) is 30.3 Å². The highest BCUT2D eigenvalue weighted by Crippen LogP contribution is 2.21. The minimum Gasteiger partial charge on any atom is -0.332 e. The second-order valence-corrected chi connectivity index (χ2v) is 5.70. The second-order valence-electron chi connectivity index (χ2n) is 4.45. The Bertz CT molecular complexity index is 763. The number of anilines is 1. The van der Waals surface area contributed by atoms with Gasteiger partial charge in [-0.1, -0.05) is 29.3 Å². The van der Waals surface area contributed by atoms with E-state index in [0.29, 0.717) is 21.3 Å². The Morgan fingerprint density at radius 2 is 1.83 bits per heavy atom. The van der Waals surface area contributed by atoms with Gasteiger partial charge in [-0.2, -0.15) is 0 Å². The standard InChI is InChI=1S/C16H11Cl2FN2OS/c17-11-3-1-10(14(18)9-11)2-8-15(22)21-16(23)20-13-6-4-12(19)5-7-13/h1-9H,(H2,20,21,22,23). The Kier molecular flexibility index (Phi) is 6.10. The summed E-state index contributed by atoms with van der Waals surface area (Å²) in [6.45, 7) is 0. The average molecular weight is 369 g/mol. The summed E-state index contributed by atoms with van der Waals surface area (Å²) >= 11 is 16.8. The van der Waals surface area contributed by atoms with Gasteiger partial charge < -0.3 is 5.32 Å². The Morgan fingerprint density at radius 1 is 1.13 bits per heavy atom. The van der Waals surface area contributed by atoms with E-state index in [1.54, 1.807) is 24.3 Å². The SMILES string of the molecule is O=C(C=Cc1ccc(Cl)cc1Cl)NC(=S)Nc1ccc(F)cc1. The number of thiocarbonyl (C=S) groups is 1. The van der Waals surface area contributed by atoms with E-state index in [2.05, 4.69) is 10.6 Å². The van der Waals surface area contributed by atoms with Crippen molar-refractivity contribution in [3.05, 3.63) is 70.0 Å². The Labute approximate surface area is 148 Å². The molecular weight excluding hydrogens is 358 g/mol. The molecule has 0 aliphatic rings. The molecule has 0 bridgehead atoms. The fourth-order valence-electron chi connectivity index (χ4n) is 1.65. The van der Waals surface area contributed by atoms with Crippen LogP contribution in [0.3, 0.4) is 0 Å². The lowest BCUT2D eigenvalue weighted by molar-refractivity contribution is -0.115. The summed E-state index contributed by atoms with van der Waals surface area (Å²) in [6.07, 6.45) is 2.85. The minimum atomic E-state index is -0.421. The van der Waals surface area contributed by atoms with Gasteiger partial charge in [-0.25, -0.2) is 4.39 Å². The lowest BCUT2D eigenvalue weighted by atomic mass is 10.2. The number of carbonyl (C=O) groups excluding carboxylic acids is 1. The number of hydrogen-bond acceptors (Lipinski definition) is 2. The smallest absolute Gasteiger partial charge is 0.250 e. The molecule has 0 aliphatic heterocycles. The predicted molar refractivity (Wildman–Crippen MR) is 96.3 cm³/mol. The number of hydrogen-bond donors (Lipinski definition) is 2. The van der Waals surface area contributed by atoms with Crippen molar-refractivity contribution < 1.29 is 9.18 Å². The molecule has 1 amide bonds. The summed E-state index contributed by atoms with van der Waals surface area (Å²) in [5.74, 6) is -0.774. The maximum atomic E-state index is 12.8. The molecule has 0 heterocycles. The van der Waals surface area contributed by atoms with Crippen molar-refractivity contribution in [3.8, 4) is 0 Å². The van der Waals surface area contributed by atoms with Crippen molar-refractivity contribution in [2.45, 2.75) is 0 Å². The fraction of sp³-hybridized carbons (Fsp3) is 0. The summed E-state index contributed by atoms with van der Waals surface area (Å²) in [6, 6.07) is 10.6. The molecule has 3 nitrogen and oxygen atoms in total. The van der Waals surface area contributed by atoms with Crippen molar-refractivity contribution in [1.82, 2.24) is 5.32 Å². The maximum absolute atomic E-state index is 12.8. The first-order valence-electron chi connectivity index (χ1n) is 6.45. The number of carbonyl (C=O) groups is 1. The highest BCUT2D eigenvalue weighted by molar-refractivity contribution is 7.80. The zero-order valence-corrected chi connectivity index (χ0v) is 14.0. The Morgan fingerprint density at radius 3 is 2.48 bits per heavy atom. The number of nitrogens with one attached hydrogen (secondary N) is 2. The normalized spacial score (nSPS) is 10.6. The molecule has 0 radical (unpaired) electrons. The van der Waals surface area contributed by atoms with Crippen molar-refractivity contribution in [3.63, 3.8) is 0 Å². The van der Waals surface area contributed by atoms with E-state index in [9.17, 15) is 9.18 Å². The van der Waals surface area contributed by atoms with Crippen LogP contribution < -0.4 is 10.6 Å². The quantitative estimate of drug-likeness (QED) is 0.611. The number of benzene rings is 2.